The van der Waals surface area contributed by atoms with Crippen molar-refractivity contribution < 1.29 is 0 Å². The van der Waals surface area contributed by atoms with Crippen LogP contribution < -0.4 is 22.3 Å². The summed E-state index contributed by atoms with van der Waals surface area (Å²) < 4.78 is 0. The summed E-state index contributed by atoms with van der Waals surface area (Å²) in [6.07, 6.45) is 7.01. The maximum atomic E-state index is 6.22. The quantitative estimate of drug-likeness (QED) is 0.550. The molecule has 4 rings (SSSR count). The van der Waals surface area contributed by atoms with Gasteiger partial charge in [-0.15, -0.1) is 0 Å². The number of hydrogen-bond acceptors (Lipinski definition) is 8. The smallest absolute Gasteiger partial charge is 0.209 e. The van der Waals surface area contributed by atoms with Gasteiger partial charge in [0, 0.05) is 44.3 Å². The Balaban J connectivity index is 1.23. The largest absolute Gasteiger partial charge is 0.369 e. The predicted molar refractivity (Wildman–Crippen MR) is 118 cm³/mol. The third-order valence-corrected chi connectivity index (χ3v) is 6.31. The SMILES string of the molecule is CN1CCN(C2CCN(CC=Cc3ccc(C4(N)N=C(N)NN4)cc3)CC2)CC1. The molecule has 0 amide bonds. The molecular formula is C21H34N8. The molecule has 2 saturated heterocycles. The fraction of sp³-hybridized carbons (Fsp3) is 0.571. The van der Waals surface area contributed by atoms with Gasteiger partial charge in [-0.1, -0.05) is 36.4 Å². The molecule has 2 fully saturated rings. The third-order valence-electron chi connectivity index (χ3n) is 6.31. The number of hydrazine groups is 1. The van der Waals surface area contributed by atoms with Gasteiger partial charge >= 0.3 is 0 Å². The first kappa shape index (κ1) is 20.3. The molecule has 3 aliphatic heterocycles. The zero-order chi connectivity index (χ0) is 20.3. The first-order valence-electron chi connectivity index (χ1n) is 10.6. The molecule has 6 N–H and O–H groups in total. The number of hydrogen-bond donors (Lipinski definition) is 4. The molecule has 8 heteroatoms. The molecule has 0 aromatic heterocycles. The Hall–Kier alpha value is -1.97. The number of guanidine groups is 1. The molecule has 1 atom stereocenters. The van der Waals surface area contributed by atoms with Crippen LogP contribution in [0.4, 0.5) is 0 Å². The Morgan fingerprint density at radius 1 is 1.10 bits per heavy atom. The topological polar surface area (TPSA) is 98.2 Å². The van der Waals surface area contributed by atoms with Crippen molar-refractivity contribution in [1.82, 2.24) is 25.6 Å². The van der Waals surface area contributed by atoms with E-state index in [9.17, 15) is 0 Å². The molecule has 3 heterocycles. The molecule has 8 nitrogen and oxygen atoms in total. The van der Waals surface area contributed by atoms with E-state index in [2.05, 4.69) is 61.9 Å². The van der Waals surface area contributed by atoms with Crippen molar-refractivity contribution in [2.24, 2.45) is 16.5 Å². The number of rotatable bonds is 5. The molecule has 0 radical (unpaired) electrons. The summed E-state index contributed by atoms with van der Waals surface area (Å²) in [5, 5.41) is 0. The standard InChI is InChI=1S/C21H34N8/c1-27-13-15-29(16-14-27)19-8-11-28(12-9-19)10-2-3-17-4-6-18(7-5-17)21(23)24-20(22)25-26-21/h2-7,19,26H,8-16,23H2,1H3,(H3,22,24,25). The van der Waals surface area contributed by atoms with Crippen molar-refractivity contribution in [3.8, 4) is 0 Å². The van der Waals surface area contributed by atoms with E-state index in [1.165, 1.54) is 52.1 Å². The van der Waals surface area contributed by atoms with E-state index in [0.717, 1.165) is 23.7 Å². The van der Waals surface area contributed by atoms with Crippen LogP contribution in [0, 0.1) is 0 Å². The summed E-state index contributed by atoms with van der Waals surface area (Å²) in [5.74, 6) is -0.701. The van der Waals surface area contributed by atoms with Crippen LogP contribution in [0.15, 0.2) is 35.3 Å². The lowest BCUT2D eigenvalue weighted by atomic mass is 10.0. The molecule has 1 unspecified atom stereocenters. The van der Waals surface area contributed by atoms with Crippen LogP contribution in [0.25, 0.3) is 6.08 Å². The van der Waals surface area contributed by atoms with E-state index >= 15 is 0 Å². The van der Waals surface area contributed by atoms with Crippen molar-refractivity contribution in [1.29, 1.82) is 0 Å². The first-order chi connectivity index (χ1) is 14.0. The summed E-state index contributed by atoms with van der Waals surface area (Å²) in [4.78, 5) is 11.9. The average molecular weight is 399 g/mol. The fourth-order valence-electron chi connectivity index (χ4n) is 4.38. The van der Waals surface area contributed by atoms with E-state index in [1.807, 2.05) is 12.1 Å². The van der Waals surface area contributed by atoms with Crippen LogP contribution in [0.2, 0.25) is 0 Å². The number of piperidine rings is 1. The monoisotopic (exact) mass is 398 g/mol. The van der Waals surface area contributed by atoms with Gasteiger partial charge < -0.3 is 10.6 Å². The molecule has 1 aromatic carbocycles. The van der Waals surface area contributed by atoms with Gasteiger partial charge in [-0.2, -0.15) is 5.43 Å². The second kappa shape index (κ2) is 8.81. The van der Waals surface area contributed by atoms with Crippen molar-refractivity contribution in [2.75, 3.05) is 52.9 Å². The summed E-state index contributed by atoms with van der Waals surface area (Å²) in [5.41, 5.74) is 19.5. The minimum atomic E-state index is -1.000. The highest BCUT2D eigenvalue weighted by molar-refractivity contribution is 5.79. The van der Waals surface area contributed by atoms with E-state index in [0.29, 0.717) is 5.96 Å². The summed E-state index contributed by atoms with van der Waals surface area (Å²) in [7, 11) is 2.22. The molecule has 0 bridgehead atoms. The van der Waals surface area contributed by atoms with Crippen LogP contribution in [0.5, 0.6) is 0 Å². The van der Waals surface area contributed by atoms with Gasteiger partial charge in [-0.25, -0.2) is 4.99 Å². The van der Waals surface area contributed by atoms with Gasteiger partial charge in [-0.3, -0.25) is 21.0 Å². The Labute approximate surface area is 173 Å². The minimum Gasteiger partial charge on any atom is -0.369 e. The molecule has 3 aliphatic rings. The van der Waals surface area contributed by atoms with Gasteiger partial charge in [0.25, 0.3) is 0 Å². The maximum absolute atomic E-state index is 6.22. The third kappa shape index (κ3) is 4.96. The van der Waals surface area contributed by atoms with Crippen LogP contribution >= 0.6 is 0 Å². The Kier molecular flexibility index (Phi) is 6.17. The lowest BCUT2D eigenvalue weighted by Crippen LogP contribution is -2.52. The lowest BCUT2D eigenvalue weighted by Gasteiger charge is -2.41. The van der Waals surface area contributed by atoms with Crippen molar-refractivity contribution >= 4 is 12.0 Å². The summed E-state index contributed by atoms with van der Waals surface area (Å²) in [6, 6.07) is 8.86. The molecule has 0 aliphatic carbocycles. The molecule has 1 aromatic rings. The van der Waals surface area contributed by atoms with Crippen LogP contribution in [-0.2, 0) is 5.79 Å². The average Bonchev–Trinajstić information content (AvgIpc) is 3.09. The number of likely N-dealkylation sites (N-methyl/N-ethyl adjacent to an activating group) is 1. The minimum absolute atomic E-state index is 0.299. The molecule has 158 valence electrons. The van der Waals surface area contributed by atoms with Gasteiger partial charge in [0.15, 0.2) is 0 Å². The zero-order valence-electron chi connectivity index (χ0n) is 17.3. The van der Waals surface area contributed by atoms with Gasteiger partial charge in [0.1, 0.15) is 0 Å². The highest BCUT2D eigenvalue weighted by Gasteiger charge is 2.31. The van der Waals surface area contributed by atoms with Crippen molar-refractivity contribution in [3.05, 3.63) is 41.5 Å². The van der Waals surface area contributed by atoms with Crippen molar-refractivity contribution in [3.63, 3.8) is 0 Å². The van der Waals surface area contributed by atoms with E-state index in [4.69, 9.17) is 11.5 Å². The number of aliphatic imine (C=N–C) groups is 1. The van der Waals surface area contributed by atoms with E-state index < -0.39 is 5.79 Å². The second-order valence-corrected chi connectivity index (χ2v) is 8.41. The van der Waals surface area contributed by atoms with Gasteiger partial charge in [0.2, 0.25) is 11.7 Å². The van der Waals surface area contributed by atoms with E-state index in [-0.39, 0.29) is 0 Å². The lowest BCUT2D eigenvalue weighted by molar-refractivity contribution is 0.0709. The van der Waals surface area contributed by atoms with Gasteiger partial charge in [0.05, 0.1) is 0 Å². The van der Waals surface area contributed by atoms with Crippen LogP contribution in [0.1, 0.15) is 24.0 Å². The zero-order valence-corrected chi connectivity index (χ0v) is 17.3. The van der Waals surface area contributed by atoms with Crippen LogP contribution in [-0.4, -0.2) is 79.6 Å². The summed E-state index contributed by atoms with van der Waals surface area (Å²) in [6.45, 7) is 8.25. The maximum Gasteiger partial charge on any atom is 0.209 e. The highest BCUT2D eigenvalue weighted by atomic mass is 15.6. The molecule has 29 heavy (non-hydrogen) atoms. The molecule has 0 saturated carbocycles. The number of nitrogens with two attached hydrogens (primary N) is 2. The summed E-state index contributed by atoms with van der Waals surface area (Å²) >= 11 is 0. The first-order valence-corrected chi connectivity index (χ1v) is 10.6. The Morgan fingerprint density at radius 3 is 2.41 bits per heavy atom. The number of likely N-dealkylation sites (tertiary alicyclic amines) is 1. The van der Waals surface area contributed by atoms with Crippen molar-refractivity contribution in [2.45, 2.75) is 24.7 Å². The highest BCUT2D eigenvalue weighted by Crippen LogP contribution is 2.20. The fourth-order valence-corrected chi connectivity index (χ4v) is 4.38. The number of piperazine rings is 1. The predicted octanol–water partition coefficient (Wildman–Crippen LogP) is -0.0969. The Bertz CT molecular complexity index is 730. The Morgan fingerprint density at radius 2 is 1.79 bits per heavy atom. The second-order valence-electron chi connectivity index (χ2n) is 8.41. The number of nitrogens with zero attached hydrogens (tertiary/aromatic N) is 4. The van der Waals surface area contributed by atoms with Gasteiger partial charge in [-0.05, 0) is 38.5 Å². The number of benzene rings is 1. The molecule has 0 spiro atoms. The van der Waals surface area contributed by atoms with Crippen LogP contribution in [0.3, 0.4) is 0 Å². The normalized spacial score (nSPS) is 28.0. The number of nitrogens with one attached hydrogen (secondary N) is 2. The molecular weight excluding hydrogens is 364 g/mol. The van der Waals surface area contributed by atoms with E-state index in [1.54, 1.807) is 0 Å².